The van der Waals surface area contributed by atoms with E-state index in [9.17, 15) is 13.5 Å². The molecule has 0 spiro atoms. The van der Waals surface area contributed by atoms with Crippen LogP contribution < -0.4 is 9.46 Å². The number of ether oxygens (including phenoxy) is 1. The molecule has 0 bridgehead atoms. The molecule has 0 radical (unpaired) electrons. The monoisotopic (exact) mass is 500 g/mol. The van der Waals surface area contributed by atoms with E-state index in [2.05, 4.69) is 16.5 Å². The van der Waals surface area contributed by atoms with Gasteiger partial charge in [0, 0.05) is 18.8 Å². The molecule has 0 aromatic heterocycles. The standard InChI is InChI=1S/C23H30Cl2N2O4S/c1-3-4-13-27(14-5-6-18-7-12-22(24)23(25)15-18)16-20(28)17-31-21-10-8-19(9-11-21)26-32(2,29)30/h5-12,15,20,26,28H,3-4,13-14,16-17H2,1-2H3/b6-5+. The first-order valence-electron chi connectivity index (χ1n) is 10.4. The molecule has 0 saturated heterocycles. The van der Waals surface area contributed by atoms with Crippen molar-refractivity contribution in [3.05, 3.63) is 64.1 Å². The number of nitrogens with one attached hydrogen (secondary N) is 1. The summed E-state index contributed by atoms with van der Waals surface area (Å²) in [5, 5.41) is 11.5. The van der Waals surface area contributed by atoms with Gasteiger partial charge in [0.1, 0.15) is 18.5 Å². The van der Waals surface area contributed by atoms with Crippen LogP contribution in [0, 0.1) is 0 Å². The van der Waals surface area contributed by atoms with Gasteiger partial charge in [0.05, 0.1) is 16.3 Å². The summed E-state index contributed by atoms with van der Waals surface area (Å²) in [5.74, 6) is 0.558. The summed E-state index contributed by atoms with van der Waals surface area (Å²) in [7, 11) is -3.32. The number of aliphatic hydroxyl groups excluding tert-OH is 1. The number of sulfonamides is 1. The van der Waals surface area contributed by atoms with Crippen LogP contribution in [0.4, 0.5) is 5.69 Å². The van der Waals surface area contributed by atoms with Gasteiger partial charge in [-0.3, -0.25) is 9.62 Å². The molecular weight excluding hydrogens is 471 g/mol. The number of benzene rings is 2. The lowest BCUT2D eigenvalue weighted by molar-refractivity contribution is 0.0715. The summed E-state index contributed by atoms with van der Waals surface area (Å²) in [6.45, 7) is 4.29. The predicted molar refractivity (Wildman–Crippen MR) is 133 cm³/mol. The Morgan fingerprint density at radius 2 is 1.88 bits per heavy atom. The van der Waals surface area contributed by atoms with Crippen molar-refractivity contribution >= 4 is 45.0 Å². The summed E-state index contributed by atoms with van der Waals surface area (Å²) >= 11 is 12.0. The van der Waals surface area contributed by atoms with Crippen LogP contribution in [0.1, 0.15) is 25.3 Å². The Kier molecular flexibility index (Phi) is 10.8. The molecule has 0 fully saturated rings. The van der Waals surface area contributed by atoms with E-state index in [4.69, 9.17) is 27.9 Å². The zero-order chi connectivity index (χ0) is 23.6. The fourth-order valence-electron chi connectivity index (χ4n) is 2.97. The first-order valence-corrected chi connectivity index (χ1v) is 13.0. The van der Waals surface area contributed by atoms with Gasteiger partial charge in [-0.2, -0.15) is 0 Å². The van der Waals surface area contributed by atoms with Crippen LogP contribution in [0.2, 0.25) is 10.0 Å². The van der Waals surface area contributed by atoms with E-state index in [1.807, 2.05) is 24.3 Å². The third kappa shape index (κ3) is 10.2. The second kappa shape index (κ2) is 13.1. The molecule has 0 aliphatic carbocycles. The summed E-state index contributed by atoms with van der Waals surface area (Å²) in [6.07, 6.45) is 6.54. The van der Waals surface area contributed by atoms with E-state index >= 15 is 0 Å². The lowest BCUT2D eigenvalue weighted by Crippen LogP contribution is -2.36. The van der Waals surface area contributed by atoms with Crippen LogP contribution in [-0.2, 0) is 10.0 Å². The number of aliphatic hydroxyl groups is 1. The molecule has 9 heteroatoms. The van der Waals surface area contributed by atoms with Crippen molar-refractivity contribution in [1.82, 2.24) is 4.90 Å². The minimum absolute atomic E-state index is 0.137. The maximum absolute atomic E-state index is 11.3. The SMILES string of the molecule is CCCCN(C/C=C/c1ccc(Cl)c(Cl)c1)CC(O)COc1ccc(NS(C)(=O)=O)cc1. The third-order valence-corrected chi connectivity index (χ3v) is 5.86. The lowest BCUT2D eigenvalue weighted by atomic mass is 10.2. The fraction of sp³-hybridized carbons (Fsp3) is 0.391. The highest BCUT2D eigenvalue weighted by atomic mass is 35.5. The van der Waals surface area contributed by atoms with E-state index in [1.165, 1.54) is 0 Å². The van der Waals surface area contributed by atoms with E-state index in [0.29, 0.717) is 34.6 Å². The lowest BCUT2D eigenvalue weighted by Gasteiger charge is -2.24. The minimum Gasteiger partial charge on any atom is -0.491 e. The Labute approximate surface area is 200 Å². The van der Waals surface area contributed by atoms with Gasteiger partial charge in [0.25, 0.3) is 0 Å². The van der Waals surface area contributed by atoms with Crippen molar-refractivity contribution in [2.24, 2.45) is 0 Å². The maximum Gasteiger partial charge on any atom is 0.229 e. The number of hydrogen-bond donors (Lipinski definition) is 2. The van der Waals surface area contributed by atoms with E-state index < -0.39 is 16.1 Å². The molecule has 2 rings (SSSR count). The Balaban J connectivity index is 1.86. The van der Waals surface area contributed by atoms with Crippen LogP contribution in [0.15, 0.2) is 48.5 Å². The van der Waals surface area contributed by atoms with Gasteiger partial charge in [-0.15, -0.1) is 0 Å². The molecule has 176 valence electrons. The highest BCUT2D eigenvalue weighted by Gasteiger charge is 2.12. The first kappa shape index (κ1) is 26.5. The number of anilines is 1. The van der Waals surface area contributed by atoms with Crippen molar-refractivity contribution < 1.29 is 18.3 Å². The average Bonchev–Trinajstić information content (AvgIpc) is 2.73. The smallest absolute Gasteiger partial charge is 0.229 e. The Hall–Kier alpha value is -1.77. The van der Waals surface area contributed by atoms with Gasteiger partial charge in [0.2, 0.25) is 10.0 Å². The topological polar surface area (TPSA) is 78.9 Å². The van der Waals surface area contributed by atoms with Gasteiger partial charge < -0.3 is 9.84 Å². The molecule has 0 saturated carbocycles. The largest absolute Gasteiger partial charge is 0.491 e. The molecule has 0 heterocycles. The number of unbranched alkanes of at least 4 members (excludes halogenated alkanes) is 1. The molecule has 32 heavy (non-hydrogen) atoms. The van der Waals surface area contributed by atoms with Gasteiger partial charge >= 0.3 is 0 Å². The second-order valence-electron chi connectivity index (χ2n) is 7.55. The summed E-state index contributed by atoms with van der Waals surface area (Å²) in [5.41, 5.74) is 1.42. The number of hydrogen-bond acceptors (Lipinski definition) is 5. The zero-order valence-electron chi connectivity index (χ0n) is 18.3. The van der Waals surface area contributed by atoms with Crippen LogP contribution in [0.25, 0.3) is 6.08 Å². The van der Waals surface area contributed by atoms with E-state index in [1.54, 1.807) is 30.3 Å². The van der Waals surface area contributed by atoms with Crippen LogP contribution in [0.3, 0.4) is 0 Å². The zero-order valence-corrected chi connectivity index (χ0v) is 20.6. The second-order valence-corrected chi connectivity index (χ2v) is 10.1. The molecule has 2 aromatic carbocycles. The molecule has 2 aromatic rings. The highest BCUT2D eigenvalue weighted by Crippen LogP contribution is 2.23. The minimum atomic E-state index is -3.32. The summed E-state index contributed by atoms with van der Waals surface area (Å²) in [6, 6.07) is 12.0. The number of halogens is 2. The van der Waals surface area contributed by atoms with Crippen molar-refractivity contribution in [1.29, 1.82) is 0 Å². The Morgan fingerprint density at radius 3 is 2.50 bits per heavy atom. The van der Waals surface area contributed by atoms with Gasteiger partial charge in [-0.1, -0.05) is 54.8 Å². The Morgan fingerprint density at radius 1 is 1.16 bits per heavy atom. The summed E-state index contributed by atoms with van der Waals surface area (Å²) < 4.78 is 30.6. The van der Waals surface area contributed by atoms with Gasteiger partial charge in [-0.25, -0.2) is 8.42 Å². The van der Waals surface area contributed by atoms with Crippen LogP contribution >= 0.6 is 23.2 Å². The van der Waals surface area contributed by atoms with Crippen molar-refractivity contribution in [2.45, 2.75) is 25.9 Å². The fourth-order valence-corrected chi connectivity index (χ4v) is 3.84. The molecule has 2 N–H and O–H groups in total. The quantitative estimate of drug-likeness (QED) is 0.408. The maximum atomic E-state index is 11.3. The molecule has 0 amide bonds. The highest BCUT2D eigenvalue weighted by molar-refractivity contribution is 7.92. The van der Waals surface area contributed by atoms with Gasteiger partial charge in [-0.05, 0) is 54.9 Å². The normalized spacial score (nSPS) is 12.9. The van der Waals surface area contributed by atoms with E-state index in [0.717, 1.165) is 31.2 Å². The summed E-state index contributed by atoms with van der Waals surface area (Å²) in [4.78, 5) is 2.17. The molecule has 6 nitrogen and oxygen atoms in total. The third-order valence-electron chi connectivity index (χ3n) is 4.51. The first-order chi connectivity index (χ1) is 15.2. The number of nitrogens with zero attached hydrogens (tertiary/aromatic N) is 1. The predicted octanol–water partition coefficient (Wildman–Crippen LogP) is 4.92. The van der Waals surface area contributed by atoms with Crippen LogP contribution in [0.5, 0.6) is 5.75 Å². The van der Waals surface area contributed by atoms with Crippen molar-refractivity contribution in [3.63, 3.8) is 0 Å². The molecule has 0 aliphatic rings. The van der Waals surface area contributed by atoms with Crippen LogP contribution in [-0.4, -0.2) is 57.0 Å². The molecular formula is C23H30Cl2N2O4S. The molecule has 0 aliphatic heterocycles. The molecule has 1 atom stereocenters. The molecule has 1 unspecified atom stereocenters. The van der Waals surface area contributed by atoms with Gasteiger partial charge in [0.15, 0.2) is 0 Å². The number of rotatable bonds is 13. The Bertz CT molecular complexity index is 982. The average molecular weight is 501 g/mol. The van der Waals surface area contributed by atoms with E-state index in [-0.39, 0.29) is 6.61 Å². The van der Waals surface area contributed by atoms with Crippen molar-refractivity contribution in [2.75, 3.05) is 37.2 Å². The van der Waals surface area contributed by atoms with Crippen molar-refractivity contribution in [3.8, 4) is 5.75 Å².